The highest BCUT2D eigenvalue weighted by molar-refractivity contribution is 7.89. The quantitative estimate of drug-likeness (QED) is 0.670. The van der Waals surface area contributed by atoms with Gasteiger partial charge in [-0.25, -0.2) is 12.7 Å². The molecule has 0 aromatic heterocycles. The average Bonchev–Trinajstić information content (AvgIpc) is 2.28. The van der Waals surface area contributed by atoms with Crippen molar-refractivity contribution in [2.45, 2.75) is 26.7 Å². The predicted molar refractivity (Wildman–Crippen MR) is 65.4 cm³/mol. The highest BCUT2D eigenvalue weighted by atomic mass is 32.2. The molecule has 0 spiro atoms. The highest BCUT2D eigenvalue weighted by Crippen LogP contribution is 2.20. The molecule has 6 nitrogen and oxygen atoms in total. The van der Waals surface area contributed by atoms with E-state index >= 15 is 0 Å². The average molecular weight is 277 g/mol. The Morgan fingerprint density at radius 3 is 2.28 bits per heavy atom. The molecule has 1 aliphatic heterocycles. The summed E-state index contributed by atoms with van der Waals surface area (Å²) < 4.78 is 29.7. The van der Waals surface area contributed by atoms with Gasteiger partial charge in [-0.1, -0.05) is 0 Å². The van der Waals surface area contributed by atoms with Crippen molar-refractivity contribution in [1.82, 2.24) is 4.31 Å². The molecule has 1 aliphatic rings. The fraction of sp³-hybridized carbons (Fsp3) is 0.818. The molecule has 0 unspecified atom stereocenters. The normalized spacial score (nSPS) is 18.6. The molecule has 0 aromatic rings. The van der Waals surface area contributed by atoms with Gasteiger partial charge < -0.3 is 4.74 Å². The van der Waals surface area contributed by atoms with Crippen LogP contribution in [0, 0.1) is 5.92 Å². The summed E-state index contributed by atoms with van der Waals surface area (Å²) in [6, 6.07) is 0. The van der Waals surface area contributed by atoms with E-state index in [1.165, 1.54) is 11.2 Å². The summed E-state index contributed by atoms with van der Waals surface area (Å²) in [7, 11) is -3.61. The van der Waals surface area contributed by atoms with Crippen molar-refractivity contribution in [1.29, 1.82) is 0 Å². The van der Waals surface area contributed by atoms with Gasteiger partial charge >= 0.3 is 5.97 Å². The van der Waals surface area contributed by atoms with Crippen molar-refractivity contribution in [3.63, 3.8) is 0 Å². The van der Waals surface area contributed by atoms with E-state index in [9.17, 15) is 18.0 Å². The summed E-state index contributed by atoms with van der Waals surface area (Å²) in [5.41, 5.74) is 0. The zero-order chi connectivity index (χ0) is 13.8. The third-order valence-electron chi connectivity index (χ3n) is 3.03. The first-order chi connectivity index (χ1) is 8.36. The lowest BCUT2D eigenvalue weighted by molar-refractivity contribution is -0.140. The fourth-order valence-corrected chi connectivity index (χ4v) is 3.31. The Labute approximate surface area is 107 Å². The van der Waals surface area contributed by atoms with E-state index < -0.39 is 21.7 Å². The minimum Gasteiger partial charge on any atom is -0.465 e. The molecule has 0 aromatic carbocycles. The van der Waals surface area contributed by atoms with E-state index in [1.54, 1.807) is 6.92 Å². The van der Waals surface area contributed by atoms with Crippen molar-refractivity contribution in [2.75, 3.05) is 25.4 Å². The second kappa shape index (κ2) is 6.29. The Morgan fingerprint density at radius 2 is 1.83 bits per heavy atom. The molecule has 1 fully saturated rings. The van der Waals surface area contributed by atoms with E-state index in [-0.39, 0.29) is 18.3 Å². The van der Waals surface area contributed by atoms with Crippen LogP contribution in [0.1, 0.15) is 26.7 Å². The summed E-state index contributed by atoms with van der Waals surface area (Å²) in [6.07, 6.45) is 1.05. The summed E-state index contributed by atoms with van der Waals surface area (Å²) in [5, 5.41) is 0. The van der Waals surface area contributed by atoms with Crippen LogP contribution < -0.4 is 0 Å². The molecule has 0 aliphatic carbocycles. The lowest BCUT2D eigenvalue weighted by Gasteiger charge is -2.29. The Hall–Kier alpha value is -0.950. The minimum absolute atomic E-state index is 0.0564. The van der Waals surface area contributed by atoms with Crippen LogP contribution in [0.4, 0.5) is 0 Å². The zero-order valence-corrected chi connectivity index (χ0v) is 11.5. The number of esters is 1. The molecule has 1 rings (SSSR count). The first kappa shape index (κ1) is 15.1. The maximum atomic E-state index is 11.9. The van der Waals surface area contributed by atoms with Gasteiger partial charge in [0.2, 0.25) is 10.0 Å². The molecule has 7 heteroatoms. The molecule has 0 radical (unpaired) electrons. The molecule has 18 heavy (non-hydrogen) atoms. The van der Waals surface area contributed by atoms with Gasteiger partial charge in [-0.2, -0.15) is 0 Å². The van der Waals surface area contributed by atoms with Gasteiger partial charge in [-0.05, 0) is 26.7 Å². The van der Waals surface area contributed by atoms with Crippen LogP contribution in [0.25, 0.3) is 0 Å². The molecule has 104 valence electrons. The third-order valence-corrected chi connectivity index (χ3v) is 4.78. The monoisotopic (exact) mass is 277 g/mol. The molecule has 0 N–H and O–H groups in total. The molecule has 1 heterocycles. The Bertz CT molecular complexity index is 409. The van der Waals surface area contributed by atoms with Crippen LogP contribution in [0.15, 0.2) is 0 Å². The van der Waals surface area contributed by atoms with Crippen molar-refractivity contribution in [3.05, 3.63) is 0 Å². The van der Waals surface area contributed by atoms with Crippen LogP contribution in [0.2, 0.25) is 0 Å². The molecular weight excluding hydrogens is 258 g/mol. The van der Waals surface area contributed by atoms with E-state index in [0.717, 1.165) is 0 Å². The third kappa shape index (κ3) is 4.06. The smallest absolute Gasteiger partial charge is 0.322 e. The molecular formula is C11H19NO5S. The standard InChI is InChI=1S/C11H19NO5S/c1-3-17-11(14)8-18(15,16)12-6-4-10(5-7-12)9(2)13/h10H,3-8H2,1-2H3. The molecule has 0 amide bonds. The van der Waals surface area contributed by atoms with E-state index in [1.807, 2.05) is 0 Å². The first-order valence-corrected chi connectivity index (χ1v) is 7.61. The van der Waals surface area contributed by atoms with Gasteiger partial charge in [0.05, 0.1) is 6.61 Å². The summed E-state index contributed by atoms with van der Waals surface area (Å²) in [6.45, 7) is 3.91. The van der Waals surface area contributed by atoms with E-state index in [2.05, 4.69) is 4.74 Å². The number of hydrogen-bond donors (Lipinski definition) is 0. The molecule has 0 atom stereocenters. The summed E-state index contributed by atoms with van der Waals surface area (Å²) >= 11 is 0. The minimum atomic E-state index is -3.61. The van der Waals surface area contributed by atoms with Crippen molar-refractivity contribution >= 4 is 21.8 Å². The van der Waals surface area contributed by atoms with Crippen molar-refractivity contribution in [3.8, 4) is 0 Å². The van der Waals surface area contributed by atoms with Crippen LogP contribution in [-0.2, 0) is 24.3 Å². The maximum absolute atomic E-state index is 11.9. The number of ether oxygens (including phenoxy) is 1. The second-order valence-electron chi connectivity index (χ2n) is 4.35. The molecule has 1 saturated heterocycles. The summed E-state index contributed by atoms with van der Waals surface area (Å²) in [4.78, 5) is 22.4. The number of sulfonamides is 1. The Kier molecular flexibility index (Phi) is 5.28. The Balaban J connectivity index is 2.55. The van der Waals surface area contributed by atoms with Gasteiger partial charge in [-0.15, -0.1) is 0 Å². The van der Waals surface area contributed by atoms with Crippen LogP contribution >= 0.6 is 0 Å². The van der Waals surface area contributed by atoms with Crippen molar-refractivity contribution in [2.24, 2.45) is 5.92 Å². The van der Waals surface area contributed by atoms with Gasteiger partial charge in [0.1, 0.15) is 5.78 Å². The lowest BCUT2D eigenvalue weighted by Crippen LogP contribution is -2.42. The number of Topliss-reactive ketones (excluding diaryl/α,β-unsaturated/α-hetero) is 1. The predicted octanol–water partition coefficient (Wildman–Crippen LogP) is 0.180. The van der Waals surface area contributed by atoms with Gasteiger partial charge in [-0.3, -0.25) is 9.59 Å². The Morgan fingerprint density at radius 1 is 1.28 bits per heavy atom. The second-order valence-corrected chi connectivity index (χ2v) is 6.31. The number of carbonyl (C=O) groups is 2. The number of hydrogen-bond acceptors (Lipinski definition) is 5. The first-order valence-electron chi connectivity index (χ1n) is 6.00. The van der Waals surface area contributed by atoms with Gasteiger partial charge in [0, 0.05) is 19.0 Å². The maximum Gasteiger partial charge on any atom is 0.322 e. The van der Waals surface area contributed by atoms with Crippen molar-refractivity contribution < 1.29 is 22.7 Å². The van der Waals surface area contributed by atoms with E-state index in [4.69, 9.17) is 0 Å². The number of ketones is 1. The molecule has 0 bridgehead atoms. The zero-order valence-electron chi connectivity index (χ0n) is 10.7. The number of carbonyl (C=O) groups excluding carboxylic acids is 2. The van der Waals surface area contributed by atoms with Gasteiger partial charge in [0.15, 0.2) is 5.75 Å². The SMILES string of the molecule is CCOC(=O)CS(=O)(=O)N1CCC(C(C)=O)CC1. The lowest BCUT2D eigenvalue weighted by atomic mass is 9.95. The number of piperidine rings is 1. The van der Waals surface area contributed by atoms with E-state index in [0.29, 0.717) is 25.9 Å². The van der Waals surface area contributed by atoms with Gasteiger partial charge in [0.25, 0.3) is 0 Å². The molecule has 0 saturated carbocycles. The largest absolute Gasteiger partial charge is 0.465 e. The van der Waals surface area contributed by atoms with Crippen LogP contribution in [0.3, 0.4) is 0 Å². The number of nitrogens with zero attached hydrogens (tertiary/aromatic N) is 1. The van der Waals surface area contributed by atoms with Crippen LogP contribution in [-0.4, -0.2) is 49.9 Å². The fourth-order valence-electron chi connectivity index (χ4n) is 1.98. The summed E-state index contributed by atoms with van der Waals surface area (Å²) in [5.74, 6) is -1.31. The topological polar surface area (TPSA) is 80.8 Å². The number of rotatable bonds is 5. The van der Waals surface area contributed by atoms with Crippen LogP contribution in [0.5, 0.6) is 0 Å². The highest BCUT2D eigenvalue weighted by Gasteiger charge is 2.31.